The minimum Gasteiger partial charge on any atom is -0.454 e. The molecule has 23 heavy (non-hydrogen) atoms. The molecule has 3 heterocycles. The molecule has 1 aromatic carbocycles. The fraction of sp³-hybridized carbons (Fsp3) is 0.0667. The lowest BCUT2D eigenvalue weighted by atomic mass is 10.2. The van der Waals surface area contributed by atoms with Gasteiger partial charge in [0.15, 0.2) is 11.5 Å². The van der Waals surface area contributed by atoms with E-state index >= 15 is 0 Å². The number of hydrogen-bond donors (Lipinski definition) is 1. The summed E-state index contributed by atoms with van der Waals surface area (Å²) in [7, 11) is 0. The summed E-state index contributed by atoms with van der Waals surface area (Å²) in [5, 5.41) is 10.2. The van der Waals surface area contributed by atoms with Crippen LogP contribution in [0.25, 0.3) is 5.82 Å². The van der Waals surface area contributed by atoms with Gasteiger partial charge in [-0.3, -0.25) is 9.36 Å². The number of hydrogen-bond acceptors (Lipinski definition) is 6. The molecule has 0 aliphatic carbocycles. The van der Waals surface area contributed by atoms with E-state index in [1.54, 1.807) is 53.8 Å². The molecule has 1 N–H and O–H groups in total. The van der Waals surface area contributed by atoms with Gasteiger partial charge in [-0.15, -0.1) is 10.2 Å². The fourth-order valence-corrected chi connectivity index (χ4v) is 2.17. The van der Waals surface area contributed by atoms with E-state index in [-0.39, 0.29) is 12.7 Å². The van der Waals surface area contributed by atoms with Crippen molar-refractivity contribution in [1.82, 2.24) is 19.7 Å². The fourth-order valence-electron chi connectivity index (χ4n) is 2.17. The largest absolute Gasteiger partial charge is 0.454 e. The van der Waals surface area contributed by atoms with Crippen LogP contribution in [0.3, 0.4) is 0 Å². The number of rotatable bonds is 3. The summed E-state index contributed by atoms with van der Waals surface area (Å²) in [5.41, 5.74) is 1.07. The lowest BCUT2D eigenvalue weighted by Gasteiger charge is -2.07. The number of nitrogens with zero attached hydrogens (tertiary/aromatic N) is 4. The molecule has 114 valence electrons. The van der Waals surface area contributed by atoms with Gasteiger partial charge in [-0.05, 0) is 30.3 Å². The minimum absolute atomic E-state index is 0.175. The Labute approximate surface area is 130 Å². The third kappa shape index (κ3) is 2.57. The van der Waals surface area contributed by atoms with Gasteiger partial charge >= 0.3 is 0 Å². The average molecular weight is 309 g/mol. The summed E-state index contributed by atoms with van der Waals surface area (Å²) in [5.74, 6) is 1.62. The second kappa shape index (κ2) is 5.41. The van der Waals surface area contributed by atoms with E-state index in [4.69, 9.17) is 9.47 Å². The van der Waals surface area contributed by atoms with Crippen LogP contribution in [0.15, 0.2) is 49.2 Å². The van der Waals surface area contributed by atoms with Crippen LogP contribution in [-0.2, 0) is 0 Å². The van der Waals surface area contributed by atoms with Crippen LogP contribution in [0.5, 0.6) is 11.5 Å². The number of aromatic nitrogens is 4. The highest BCUT2D eigenvalue weighted by molar-refractivity contribution is 6.04. The minimum atomic E-state index is -0.248. The topological polar surface area (TPSA) is 91.2 Å². The van der Waals surface area contributed by atoms with E-state index in [0.717, 1.165) is 0 Å². The van der Waals surface area contributed by atoms with Gasteiger partial charge in [-0.1, -0.05) is 0 Å². The molecule has 0 spiro atoms. The Hall–Kier alpha value is -3.42. The summed E-state index contributed by atoms with van der Waals surface area (Å²) < 4.78 is 12.2. The van der Waals surface area contributed by atoms with E-state index in [1.165, 1.54) is 0 Å². The maximum atomic E-state index is 12.3. The number of anilines is 1. The predicted octanol–water partition coefficient (Wildman–Crippen LogP) is 1.64. The molecule has 0 radical (unpaired) electrons. The molecular formula is C15H11N5O3. The predicted molar refractivity (Wildman–Crippen MR) is 79.7 cm³/mol. The quantitative estimate of drug-likeness (QED) is 0.791. The number of carbonyl (C=O) groups excluding carboxylic acids is 1. The Kier molecular flexibility index (Phi) is 3.12. The van der Waals surface area contributed by atoms with Crippen molar-refractivity contribution in [3.8, 4) is 17.3 Å². The van der Waals surface area contributed by atoms with Crippen molar-refractivity contribution in [2.75, 3.05) is 12.1 Å². The third-order valence-corrected chi connectivity index (χ3v) is 3.32. The summed E-state index contributed by atoms with van der Waals surface area (Å²) in [6.45, 7) is 0.175. The van der Waals surface area contributed by atoms with Gasteiger partial charge in [-0.2, -0.15) is 0 Å². The lowest BCUT2D eigenvalue weighted by Crippen LogP contribution is -2.12. The molecular weight excluding hydrogens is 298 g/mol. The number of pyridine rings is 1. The Balaban J connectivity index is 1.50. The number of benzene rings is 1. The highest BCUT2D eigenvalue weighted by Crippen LogP contribution is 2.32. The SMILES string of the molecule is O=C(Nc1ccc(-n2cnnc2)nc1)c1ccc2c(c1)OCO2. The van der Waals surface area contributed by atoms with Crippen LogP contribution in [0.2, 0.25) is 0 Å². The van der Waals surface area contributed by atoms with Crippen molar-refractivity contribution in [3.63, 3.8) is 0 Å². The van der Waals surface area contributed by atoms with Gasteiger partial charge in [0.25, 0.3) is 5.91 Å². The van der Waals surface area contributed by atoms with Crippen LogP contribution < -0.4 is 14.8 Å². The van der Waals surface area contributed by atoms with Gasteiger partial charge < -0.3 is 14.8 Å². The second-order valence-electron chi connectivity index (χ2n) is 4.80. The van der Waals surface area contributed by atoms with Crippen LogP contribution in [0.1, 0.15) is 10.4 Å². The molecule has 1 amide bonds. The molecule has 0 unspecified atom stereocenters. The van der Waals surface area contributed by atoms with Gasteiger partial charge in [-0.25, -0.2) is 4.98 Å². The summed E-state index contributed by atoms with van der Waals surface area (Å²) in [6.07, 6.45) is 4.67. The normalized spacial score (nSPS) is 12.2. The van der Waals surface area contributed by atoms with Crippen LogP contribution in [0, 0.1) is 0 Å². The molecule has 2 aromatic heterocycles. The molecule has 0 saturated carbocycles. The van der Waals surface area contributed by atoms with E-state index in [1.807, 2.05) is 0 Å². The molecule has 0 saturated heterocycles. The van der Waals surface area contributed by atoms with Crippen molar-refractivity contribution in [2.24, 2.45) is 0 Å². The van der Waals surface area contributed by atoms with Gasteiger partial charge in [0.2, 0.25) is 6.79 Å². The number of amides is 1. The molecule has 8 heteroatoms. The first-order valence-electron chi connectivity index (χ1n) is 6.82. The van der Waals surface area contributed by atoms with Crippen LogP contribution >= 0.6 is 0 Å². The average Bonchev–Trinajstić information content (AvgIpc) is 3.26. The summed E-state index contributed by atoms with van der Waals surface area (Å²) in [4.78, 5) is 16.5. The molecule has 4 rings (SSSR count). The van der Waals surface area contributed by atoms with E-state index in [9.17, 15) is 4.79 Å². The van der Waals surface area contributed by atoms with Crippen molar-refractivity contribution < 1.29 is 14.3 Å². The maximum Gasteiger partial charge on any atom is 0.255 e. The number of nitrogens with one attached hydrogen (secondary N) is 1. The maximum absolute atomic E-state index is 12.3. The Morgan fingerprint density at radius 2 is 1.91 bits per heavy atom. The first-order chi connectivity index (χ1) is 11.3. The highest BCUT2D eigenvalue weighted by atomic mass is 16.7. The highest BCUT2D eigenvalue weighted by Gasteiger charge is 2.16. The standard InChI is InChI=1S/C15H11N5O3/c21-15(10-1-3-12-13(5-10)23-9-22-12)19-11-2-4-14(16-6-11)20-7-17-18-8-20/h1-8H,9H2,(H,19,21). The second-order valence-corrected chi connectivity index (χ2v) is 4.80. The van der Waals surface area contributed by atoms with Crippen molar-refractivity contribution in [2.45, 2.75) is 0 Å². The molecule has 1 aliphatic heterocycles. The van der Waals surface area contributed by atoms with E-state index in [0.29, 0.717) is 28.6 Å². The van der Waals surface area contributed by atoms with Crippen molar-refractivity contribution in [1.29, 1.82) is 0 Å². The first kappa shape index (κ1) is 13.3. The zero-order valence-corrected chi connectivity index (χ0v) is 11.8. The Morgan fingerprint density at radius 1 is 1.09 bits per heavy atom. The smallest absolute Gasteiger partial charge is 0.255 e. The van der Waals surface area contributed by atoms with Crippen molar-refractivity contribution in [3.05, 3.63) is 54.7 Å². The summed E-state index contributed by atoms with van der Waals surface area (Å²) >= 11 is 0. The molecule has 0 atom stereocenters. The van der Waals surface area contributed by atoms with E-state index < -0.39 is 0 Å². The van der Waals surface area contributed by atoms with Crippen LogP contribution in [-0.4, -0.2) is 32.4 Å². The molecule has 0 bridgehead atoms. The Bertz CT molecular complexity index is 846. The van der Waals surface area contributed by atoms with Crippen molar-refractivity contribution >= 4 is 11.6 Å². The van der Waals surface area contributed by atoms with Gasteiger partial charge in [0.05, 0.1) is 11.9 Å². The third-order valence-electron chi connectivity index (χ3n) is 3.32. The number of ether oxygens (including phenoxy) is 2. The zero-order chi connectivity index (χ0) is 15.6. The lowest BCUT2D eigenvalue weighted by molar-refractivity contribution is 0.102. The number of carbonyl (C=O) groups is 1. The molecule has 1 aliphatic rings. The Morgan fingerprint density at radius 3 is 2.70 bits per heavy atom. The van der Waals surface area contributed by atoms with E-state index in [2.05, 4.69) is 20.5 Å². The first-order valence-corrected chi connectivity index (χ1v) is 6.82. The summed E-state index contributed by atoms with van der Waals surface area (Å²) in [6, 6.07) is 8.56. The zero-order valence-electron chi connectivity index (χ0n) is 11.8. The molecule has 0 fully saturated rings. The monoisotopic (exact) mass is 309 g/mol. The van der Waals surface area contributed by atoms with Gasteiger partial charge in [0, 0.05) is 5.56 Å². The molecule has 8 nitrogen and oxygen atoms in total. The molecule has 3 aromatic rings. The van der Waals surface area contributed by atoms with Crippen LogP contribution in [0.4, 0.5) is 5.69 Å². The number of fused-ring (bicyclic) bond motifs is 1. The van der Waals surface area contributed by atoms with Gasteiger partial charge in [0.1, 0.15) is 18.5 Å².